The van der Waals surface area contributed by atoms with Crippen molar-refractivity contribution < 1.29 is 9.53 Å². The molecule has 0 aromatic rings. The van der Waals surface area contributed by atoms with Gasteiger partial charge in [0.2, 0.25) is 0 Å². The van der Waals surface area contributed by atoms with Gasteiger partial charge in [-0.2, -0.15) is 0 Å². The van der Waals surface area contributed by atoms with Crippen molar-refractivity contribution in [3.8, 4) is 0 Å². The summed E-state index contributed by atoms with van der Waals surface area (Å²) in [5, 5.41) is 0.619. The number of ether oxygens (including phenoxy) is 1. The maximum absolute atomic E-state index is 11.4. The predicted octanol–water partition coefficient (Wildman–Crippen LogP) is 1.72. The number of hydrogen-bond donors (Lipinski definition) is 0. The summed E-state index contributed by atoms with van der Waals surface area (Å²) in [5.41, 5.74) is 0. The van der Waals surface area contributed by atoms with Gasteiger partial charge in [0, 0.05) is 11.1 Å². The van der Waals surface area contributed by atoms with E-state index in [4.69, 9.17) is 4.74 Å². The fraction of sp³-hybridized carbons (Fsp3) is 0.900. The molecule has 0 radical (unpaired) electrons. The maximum Gasteiger partial charge on any atom is 0.323 e. The number of rotatable bonds is 4. The lowest BCUT2D eigenvalue weighted by Gasteiger charge is -2.22. The molecule has 0 aromatic heterocycles. The molecule has 4 heteroatoms. The van der Waals surface area contributed by atoms with E-state index < -0.39 is 0 Å². The summed E-state index contributed by atoms with van der Waals surface area (Å²) in [6.45, 7) is 5.38. The molecule has 1 heterocycles. The molecule has 0 aliphatic carbocycles. The van der Waals surface area contributed by atoms with Crippen LogP contribution in [0.15, 0.2) is 0 Å². The zero-order valence-corrected chi connectivity index (χ0v) is 9.97. The molecule has 0 amide bonds. The van der Waals surface area contributed by atoms with Crippen molar-refractivity contribution in [3.63, 3.8) is 0 Å². The van der Waals surface area contributed by atoms with Crippen LogP contribution < -0.4 is 0 Å². The average Bonchev–Trinajstić information content (AvgIpc) is 2.61. The number of likely N-dealkylation sites (tertiary alicyclic amines) is 1. The third-order valence-corrected chi connectivity index (χ3v) is 3.56. The first-order chi connectivity index (χ1) is 6.65. The number of esters is 1. The summed E-state index contributed by atoms with van der Waals surface area (Å²) in [4.78, 5) is 13.6. The molecule has 1 aliphatic rings. The lowest BCUT2D eigenvalue weighted by atomic mass is 10.2. The van der Waals surface area contributed by atoms with Gasteiger partial charge in [0.1, 0.15) is 6.04 Å². The minimum Gasteiger partial charge on any atom is -0.468 e. The molecule has 1 unspecified atom stereocenters. The van der Waals surface area contributed by atoms with E-state index in [2.05, 4.69) is 18.7 Å². The van der Waals surface area contributed by atoms with Gasteiger partial charge in [-0.3, -0.25) is 9.69 Å². The van der Waals surface area contributed by atoms with Gasteiger partial charge in [-0.05, 0) is 19.4 Å². The van der Waals surface area contributed by atoms with Gasteiger partial charge in [0.15, 0.2) is 0 Å². The highest BCUT2D eigenvalue weighted by atomic mass is 32.2. The van der Waals surface area contributed by atoms with Crippen LogP contribution in [-0.2, 0) is 9.53 Å². The Kier molecular flexibility index (Phi) is 4.75. The van der Waals surface area contributed by atoms with Crippen LogP contribution in [0.25, 0.3) is 0 Å². The number of carbonyl (C=O) groups is 1. The summed E-state index contributed by atoms with van der Waals surface area (Å²) in [7, 11) is 1.47. The normalized spacial score (nSPS) is 23.0. The largest absolute Gasteiger partial charge is 0.468 e. The number of carbonyl (C=O) groups excluding carboxylic acids is 1. The summed E-state index contributed by atoms with van der Waals surface area (Å²) in [6, 6.07) is 0.00579. The molecule has 14 heavy (non-hydrogen) atoms. The van der Waals surface area contributed by atoms with E-state index in [0.717, 1.165) is 25.3 Å². The summed E-state index contributed by atoms with van der Waals surface area (Å²) >= 11 is 1.88. The number of nitrogens with zero attached hydrogens (tertiary/aromatic N) is 1. The smallest absolute Gasteiger partial charge is 0.323 e. The van der Waals surface area contributed by atoms with E-state index in [1.807, 2.05) is 11.8 Å². The zero-order chi connectivity index (χ0) is 10.6. The Morgan fingerprint density at radius 2 is 2.36 bits per heavy atom. The topological polar surface area (TPSA) is 29.5 Å². The van der Waals surface area contributed by atoms with Crippen LogP contribution in [0.5, 0.6) is 0 Å². The Balaban J connectivity index is 2.39. The van der Waals surface area contributed by atoms with Crippen LogP contribution in [0, 0.1) is 0 Å². The predicted molar refractivity (Wildman–Crippen MR) is 59.3 cm³/mol. The van der Waals surface area contributed by atoms with Gasteiger partial charge in [0.25, 0.3) is 0 Å². The SMILES string of the molecule is COC(=O)C1CCCN1CSC(C)C. The lowest BCUT2D eigenvalue weighted by Crippen LogP contribution is -2.36. The van der Waals surface area contributed by atoms with Crippen molar-refractivity contribution >= 4 is 17.7 Å². The molecular formula is C10H19NO2S. The van der Waals surface area contributed by atoms with Gasteiger partial charge < -0.3 is 4.74 Å². The second-order valence-electron chi connectivity index (χ2n) is 3.84. The molecule has 0 saturated carbocycles. The second-order valence-corrected chi connectivity index (χ2v) is 5.37. The summed E-state index contributed by atoms with van der Waals surface area (Å²) < 4.78 is 4.78. The minimum absolute atomic E-state index is 0.00579. The van der Waals surface area contributed by atoms with Crippen molar-refractivity contribution in [3.05, 3.63) is 0 Å². The highest BCUT2D eigenvalue weighted by molar-refractivity contribution is 7.99. The van der Waals surface area contributed by atoms with Crippen LogP contribution >= 0.6 is 11.8 Å². The molecule has 1 atom stereocenters. The first-order valence-electron chi connectivity index (χ1n) is 5.08. The standard InChI is InChI=1S/C10H19NO2S/c1-8(2)14-7-11-6-4-5-9(11)10(12)13-3/h8-9H,4-7H2,1-3H3. The van der Waals surface area contributed by atoms with E-state index in [1.54, 1.807) is 0 Å². The van der Waals surface area contributed by atoms with Gasteiger partial charge >= 0.3 is 5.97 Å². The molecule has 0 bridgehead atoms. The summed E-state index contributed by atoms with van der Waals surface area (Å²) in [6.07, 6.45) is 2.06. The Morgan fingerprint density at radius 1 is 1.64 bits per heavy atom. The van der Waals surface area contributed by atoms with E-state index in [9.17, 15) is 4.79 Å². The molecular weight excluding hydrogens is 198 g/mol. The van der Waals surface area contributed by atoms with Crippen LogP contribution in [-0.4, -0.2) is 41.7 Å². The van der Waals surface area contributed by atoms with Gasteiger partial charge in [0.05, 0.1) is 7.11 Å². The molecule has 1 saturated heterocycles. The highest BCUT2D eigenvalue weighted by Gasteiger charge is 2.31. The number of methoxy groups -OCH3 is 1. The third kappa shape index (κ3) is 3.17. The van der Waals surface area contributed by atoms with E-state index in [-0.39, 0.29) is 12.0 Å². The molecule has 1 fully saturated rings. The molecule has 0 aromatic carbocycles. The van der Waals surface area contributed by atoms with Crippen LogP contribution in [0.3, 0.4) is 0 Å². The van der Waals surface area contributed by atoms with Gasteiger partial charge in [-0.1, -0.05) is 13.8 Å². The Bertz CT molecular complexity index is 197. The first-order valence-corrected chi connectivity index (χ1v) is 6.13. The number of hydrogen-bond acceptors (Lipinski definition) is 4. The van der Waals surface area contributed by atoms with Crippen LogP contribution in [0.1, 0.15) is 26.7 Å². The van der Waals surface area contributed by atoms with E-state index in [0.29, 0.717) is 5.25 Å². The number of thioether (sulfide) groups is 1. The second kappa shape index (κ2) is 5.61. The van der Waals surface area contributed by atoms with Gasteiger partial charge in [-0.15, -0.1) is 11.8 Å². The first kappa shape index (κ1) is 11.9. The maximum atomic E-state index is 11.4. The van der Waals surface area contributed by atoms with Crippen molar-refractivity contribution in [1.29, 1.82) is 0 Å². The molecule has 1 aliphatic heterocycles. The quantitative estimate of drug-likeness (QED) is 0.671. The molecule has 3 nitrogen and oxygen atoms in total. The molecule has 0 spiro atoms. The zero-order valence-electron chi connectivity index (χ0n) is 9.16. The Morgan fingerprint density at radius 3 is 2.93 bits per heavy atom. The Hall–Kier alpha value is -0.220. The van der Waals surface area contributed by atoms with Crippen molar-refractivity contribution in [1.82, 2.24) is 4.90 Å². The van der Waals surface area contributed by atoms with Crippen molar-refractivity contribution in [2.75, 3.05) is 19.5 Å². The molecule has 0 N–H and O–H groups in total. The van der Waals surface area contributed by atoms with Gasteiger partial charge in [-0.25, -0.2) is 0 Å². The van der Waals surface area contributed by atoms with Crippen LogP contribution in [0.2, 0.25) is 0 Å². The van der Waals surface area contributed by atoms with Crippen molar-refractivity contribution in [2.45, 2.75) is 38.0 Å². The third-order valence-electron chi connectivity index (χ3n) is 2.41. The molecule has 1 rings (SSSR count). The fourth-order valence-electron chi connectivity index (χ4n) is 1.63. The minimum atomic E-state index is -0.0770. The van der Waals surface area contributed by atoms with E-state index in [1.165, 1.54) is 7.11 Å². The van der Waals surface area contributed by atoms with E-state index >= 15 is 0 Å². The highest BCUT2D eigenvalue weighted by Crippen LogP contribution is 2.22. The molecule has 82 valence electrons. The fourth-order valence-corrected chi connectivity index (χ4v) is 2.43. The summed E-state index contributed by atoms with van der Waals surface area (Å²) in [5.74, 6) is 0.865. The van der Waals surface area contributed by atoms with Crippen LogP contribution in [0.4, 0.5) is 0 Å². The lowest BCUT2D eigenvalue weighted by molar-refractivity contribution is -0.145. The monoisotopic (exact) mass is 217 g/mol. The average molecular weight is 217 g/mol. The Labute approximate surface area is 90.2 Å². The van der Waals surface area contributed by atoms with Crippen molar-refractivity contribution in [2.24, 2.45) is 0 Å².